The molecule has 0 aliphatic carbocycles. The summed E-state index contributed by atoms with van der Waals surface area (Å²) in [4.78, 5) is 9.60. The number of carboxylic acid groups (broad SMARTS) is 1. The first-order valence-corrected chi connectivity index (χ1v) is 3.04. The van der Waals surface area contributed by atoms with E-state index >= 15 is 0 Å². The minimum Gasteiger partial charge on any atom is -0.478 e. The molecule has 0 aliphatic heterocycles. The molecule has 4 nitrogen and oxygen atoms in total. The Kier molecular flexibility index (Phi) is 10.6. The highest BCUT2D eigenvalue weighted by atomic mass is 16.5. The first-order chi connectivity index (χ1) is 5.06. The highest BCUT2D eigenvalue weighted by Crippen LogP contribution is 1.81. The van der Waals surface area contributed by atoms with E-state index in [4.69, 9.17) is 10.2 Å². The zero-order valence-electron chi connectivity index (χ0n) is 6.83. The van der Waals surface area contributed by atoms with E-state index in [-0.39, 0.29) is 12.2 Å². The molecule has 0 radical (unpaired) electrons. The Morgan fingerprint density at radius 1 is 1.64 bits per heavy atom. The van der Waals surface area contributed by atoms with Gasteiger partial charge in [0.05, 0.1) is 13.2 Å². The number of ether oxygens (including phenoxy) is 1. The number of aliphatic hydroxyl groups excluding tert-OH is 1. The van der Waals surface area contributed by atoms with Crippen molar-refractivity contribution >= 4 is 5.97 Å². The molecule has 0 unspecified atom stereocenters. The van der Waals surface area contributed by atoms with Crippen LogP contribution in [-0.2, 0) is 9.53 Å². The molecule has 0 aromatic rings. The maximum Gasteiger partial charge on any atom is 0.330 e. The Hall–Kier alpha value is -0.870. The van der Waals surface area contributed by atoms with Crippen LogP contribution in [0.2, 0.25) is 0 Å². The molecule has 0 amide bonds. The Balaban J connectivity index is 0. The fourth-order valence-corrected chi connectivity index (χ4v) is 0.0913. The van der Waals surface area contributed by atoms with Gasteiger partial charge in [0.1, 0.15) is 0 Å². The second-order valence-electron chi connectivity index (χ2n) is 1.80. The molecule has 0 aromatic carbocycles. The normalized spacial score (nSPS) is 7.91. The van der Waals surface area contributed by atoms with Gasteiger partial charge in [0.2, 0.25) is 0 Å². The number of hydrogen-bond donors (Lipinski definition) is 2. The molecule has 0 aliphatic rings. The molecule has 0 saturated heterocycles. The van der Waals surface area contributed by atoms with Crippen LogP contribution in [0.25, 0.3) is 0 Å². The Morgan fingerprint density at radius 3 is 2.00 bits per heavy atom. The van der Waals surface area contributed by atoms with E-state index in [9.17, 15) is 4.79 Å². The highest BCUT2D eigenvalue weighted by molar-refractivity contribution is 5.84. The first kappa shape index (κ1) is 12.8. The summed E-state index contributed by atoms with van der Waals surface area (Å²) in [5, 5.41) is 15.8. The lowest BCUT2D eigenvalue weighted by Crippen LogP contribution is -1.92. The van der Waals surface area contributed by atoms with Crippen LogP contribution < -0.4 is 0 Å². The van der Waals surface area contributed by atoms with Crippen LogP contribution in [0, 0.1) is 0 Å². The summed E-state index contributed by atoms with van der Waals surface area (Å²) in [5.74, 6) is -0.935. The average Bonchev–Trinajstić information content (AvgIpc) is 1.90. The van der Waals surface area contributed by atoms with E-state index in [1.807, 2.05) is 0 Å². The summed E-state index contributed by atoms with van der Waals surface area (Å²) >= 11 is 0. The molecule has 0 spiro atoms. The van der Waals surface area contributed by atoms with Crippen LogP contribution >= 0.6 is 0 Å². The van der Waals surface area contributed by atoms with Crippen molar-refractivity contribution in [1.82, 2.24) is 0 Å². The zero-order chi connectivity index (χ0) is 9.28. The molecule has 66 valence electrons. The first-order valence-electron chi connectivity index (χ1n) is 3.04. The van der Waals surface area contributed by atoms with Crippen LogP contribution in [0.15, 0.2) is 12.2 Å². The molecule has 0 rings (SSSR count). The van der Waals surface area contributed by atoms with Gasteiger partial charge in [0.25, 0.3) is 0 Å². The molecule has 0 aromatic heterocycles. The van der Waals surface area contributed by atoms with Crippen molar-refractivity contribution in [2.45, 2.75) is 6.92 Å². The zero-order valence-corrected chi connectivity index (χ0v) is 6.83. The van der Waals surface area contributed by atoms with Crippen molar-refractivity contribution in [1.29, 1.82) is 0 Å². The van der Waals surface area contributed by atoms with Gasteiger partial charge in [-0.2, -0.15) is 0 Å². The van der Waals surface area contributed by atoms with Crippen molar-refractivity contribution in [2.24, 2.45) is 0 Å². The van der Waals surface area contributed by atoms with E-state index in [2.05, 4.69) is 11.3 Å². The van der Waals surface area contributed by atoms with Crippen molar-refractivity contribution in [3.8, 4) is 0 Å². The van der Waals surface area contributed by atoms with E-state index < -0.39 is 5.97 Å². The maximum absolute atomic E-state index is 9.60. The summed E-state index contributed by atoms with van der Waals surface area (Å²) in [6.45, 7) is 5.17. The van der Waals surface area contributed by atoms with Crippen molar-refractivity contribution in [3.05, 3.63) is 12.2 Å². The molecule has 0 atom stereocenters. The second-order valence-corrected chi connectivity index (χ2v) is 1.80. The van der Waals surface area contributed by atoms with Crippen molar-refractivity contribution in [3.63, 3.8) is 0 Å². The van der Waals surface area contributed by atoms with Gasteiger partial charge in [-0.15, -0.1) is 0 Å². The fraction of sp³-hybridized carbons (Fsp3) is 0.571. The third-order valence-corrected chi connectivity index (χ3v) is 0.661. The molecular weight excluding hydrogens is 148 g/mol. The number of aliphatic carboxylic acids is 1. The summed E-state index contributed by atoms with van der Waals surface area (Å²) in [5.41, 5.74) is 0.176. The minimum atomic E-state index is -0.935. The van der Waals surface area contributed by atoms with Gasteiger partial charge in [-0.3, -0.25) is 0 Å². The minimum absolute atomic E-state index is 0.122. The predicted molar refractivity (Wildman–Crippen MR) is 41.4 cm³/mol. The number of hydrogen-bond acceptors (Lipinski definition) is 3. The molecule has 4 heteroatoms. The second kappa shape index (κ2) is 9.13. The lowest BCUT2D eigenvalue weighted by Gasteiger charge is -1.84. The summed E-state index contributed by atoms with van der Waals surface area (Å²) in [7, 11) is 1.55. The lowest BCUT2D eigenvalue weighted by molar-refractivity contribution is -0.132. The van der Waals surface area contributed by atoms with Crippen LogP contribution in [0.3, 0.4) is 0 Å². The molecule has 0 heterocycles. The van der Waals surface area contributed by atoms with Gasteiger partial charge in [-0.05, 0) is 6.92 Å². The smallest absolute Gasteiger partial charge is 0.330 e. The molecule has 0 bridgehead atoms. The van der Waals surface area contributed by atoms with Gasteiger partial charge < -0.3 is 14.9 Å². The van der Waals surface area contributed by atoms with E-state index in [0.717, 1.165) is 0 Å². The Labute approximate surface area is 66.1 Å². The van der Waals surface area contributed by atoms with Gasteiger partial charge in [-0.1, -0.05) is 6.58 Å². The average molecular weight is 162 g/mol. The van der Waals surface area contributed by atoms with Gasteiger partial charge in [-0.25, -0.2) is 4.79 Å². The quantitative estimate of drug-likeness (QED) is 0.584. The summed E-state index contributed by atoms with van der Waals surface area (Å²) in [6.07, 6.45) is 0. The SMILES string of the molecule is C=C(C)C(=O)O.COCCO. The van der Waals surface area contributed by atoms with Crippen LogP contribution in [0.4, 0.5) is 0 Å². The molecule has 2 N–H and O–H groups in total. The largest absolute Gasteiger partial charge is 0.478 e. The maximum atomic E-state index is 9.60. The Bertz CT molecular complexity index is 106. The molecule has 11 heavy (non-hydrogen) atoms. The standard InChI is InChI=1S/C4H6O2.C3H8O2/c1-3(2)4(5)6;1-5-3-2-4/h1H2,2H3,(H,5,6);4H,2-3H2,1H3. The third-order valence-electron chi connectivity index (χ3n) is 0.661. The summed E-state index contributed by atoms with van der Waals surface area (Å²) < 4.78 is 4.44. The van der Waals surface area contributed by atoms with E-state index in [1.165, 1.54) is 6.92 Å². The van der Waals surface area contributed by atoms with Crippen LogP contribution in [-0.4, -0.2) is 36.5 Å². The third kappa shape index (κ3) is 17.6. The molecule has 0 fully saturated rings. The van der Waals surface area contributed by atoms with Crippen LogP contribution in [0.1, 0.15) is 6.92 Å². The lowest BCUT2D eigenvalue weighted by atomic mass is 10.4. The highest BCUT2D eigenvalue weighted by Gasteiger charge is 1.90. The Morgan fingerprint density at radius 2 is 2.00 bits per heavy atom. The molecule has 0 saturated carbocycles. The van der Waals surface area contributed by atoms with Crippen LogP contribution in [0.5, 0.6) is 0 Å². The monoisotopic (exact) mass is 162 g/mol. The number of rotatable bonds is 3. The van der Waals surface area contributed by atoms with Crippen molar-refractivity contribution in [2.75, 3.05) is 20.3 Å². The molecular formula is C7H14O4. The number of carboxylic acids is 1. The fourth-order valence-electron chi connectivity index (χ4n) is 0.0913. The van der Waals surface area contributed by atoms with Gasteiger partial charge in [0.15, 0.2) is 0 Å². The topological polar surface area (TPSA) is 66.8 Å². The van der Waals surface area contributed by atoms with E-state index in [0.29, 0.717) is 6.61 Å². The summed E-state index contributed by atoms with van der Waals surface area (Å²) in [6, 6.07) is 0. The van der Waals surface area contributed by atoms with Gasteiger partial charge in [0, 0.05) is 12.7 Å². The van der Waals surface area contributed by atoms with Gasteiger partial charge >= 0.3 is 5.97 Å². The number of carbonyl (C=O) groups is 1. The predicted octanol–water partition coefficient (Wildman–Crippen LogP) is 0.272. The van der Waals surface area contributed by atoms with E-state index in [1.54, 1.807) is 7.11 Å². The van der Waals surface area contributed by atoms with Crippen molar-refractivity contribution < 1.29 is 19.7 Å². The number of aliphatic hydroxyl groups is 1. The number of methoxy groups -OCH3 is 1.